The van der Waals surface area contributed by atoms with Crippen molar-refractivity contribution in [2.45, 2.75) is 26.4 Å². The van der Waals surface area contributed by atoms with E-state index in [0.717, 1.165) is 12.1 Å². The van der Waals surface area contributed by atoms with E-state index in [1.807, 2.05) is 0 Å². The van der Waals surface area contributed by atoms with Crippen LogP contribution in [0.2, 0.25) is 0 Å². The van der Waals surface area contributed by atoms with Crippen LogP contribution in [0.1, 0.15) is 24.4 Å². The first-order valence-electron chi connectivity index (χ1n) is 11.1. The van der Waals surface area contributed by atoms with Crippen molar-refractivity contribution in [1.82, 2.24) is 9.97 Å². The zero-order valence-corrected chi connectivity index (χ0v) is 19.6. The number of halogens is 3. The first-order chi connectivity index (χ1) is 16.8. The molecule has 1 saturated carbocycles. The molecule has 10 heteroatoms. The fourth-order valence-electron chi connectivity index (χ4n) is 4.47. The van der Waals surface area contributed by atoms with Gasteiger partial charge in [-0.05, 0) is 37.5 Å². The molecular formula is C25H26F3N3O4. The lowest BCUT2D eigenvalue weighted by Crippen LogP contribution is -2.30. The molecule has 0 spiro atoms. The summed E-state index contributed by atoms with van der Waals surface area (Å²) in [5, 5.41) is 2.65. The second-order valence-corrected chi connectivity index (χ2v) is 8.70. The predicted molar refractivity (Wildman–Crippen MR) is 121 cm³/mol. The van der Waals surface area contributed by atoms with E-state index in [2.05, 4.69) is 15.3 Å². The monoisotopic (exact) mass is 489 g/mol. The molecule has 1 N–H and O–H groups in total. The molecule has 7 nitrogen and oxygen atoms in total. The first-order valence-corrected chi connectivity index (χ1v) is 11.1. The number of rotatable bonds is 9. The number of hydrogen-bond donors (Lipinski definition) is 1. The maximum Gasteiger partial charge on any atom is 0.228 e. The summed E-state index contributed by atoms with van der Waals surface area (Å²) in [6.45, 7) is 2.10. The van der Waals surface area contributed by atoms with Crippen molar-refractivity contribution in [2.75, 3.05) is 26.1 Å². The van der Waals surface area contributed by atoms with Crippen LogP contribution in [0.15, 0.2) is 48.1 Å². The molecule has 186 valence electrons. The van der Waals surface area contributed by atoms with E-state index < -0.39 is 28.8 Å². The molecule has 2 aliphatic rings. The number of amides is 1. The first kappa shape index (κ1) is 24.7. The molecule has 1 aromatic carbocycles. The number of methoxy groups -OCH3 is 2. The Morgan fingerprint density at radius 3 is 2.74 bits per heavy atom. The standard InChI is InChI=1S/C25H26F3N3O4/c1-14-29-11-23(21(30-14)12-33-2)35-13-25(15-4-6-19(27)22(8-15)34-3)10-17(25)24(32)31-16-5-7-18(26)20(28)9-16/h4-7,9,11,15,17H,8,10,12-13H2,1-3H3,(H,31,32)/t15?,17-,25+/m0/s1. The molecule has 2 aromatic rings. The summed E-state index contributed by atoms with van der Waals surface area (Å²) in [6.07, 6.45) is 5.31. The molecule has 0 aliphatic heterocycles. The summed E-state index contributed by atoms with van der Waals surface area (Å²) in [6, 6.07) is 3.17. The quantitative estimate of drug-likeness (QED) is 0.553. The van der Waals surface area contributed by atoms with Crippen LogP contribution in [0.4, 0.5) is 18.9 Å². The molecule has 3 atom stereocenters. The molecule has 0 saturated heterocycles. The molecule has 1 fully saturated rings. The zero-order valence-electron chi connectivity index (χ0n) is 19.6. The van der Waals surface area contributed by atoms with Gasteiger partial charge in [0, 0.05) is 36.6 Å². The largest absolute Gasteiger partial charge is 0.498 e. The van der Waals surface area contributed by atoms with Crippen molar-refractivity contribution in [3.05, 3.63) is 71.3 Å². The van der Waals surface area contributed by atoms with Gasteiger partial charge in [-0.1, -0.05) is 6.08 Å². The van der Waals surface area contributed by atoms with Gasteiger partial charge in [0.25, 0.3) is 0 Å². The number of benzene rings is 1. The van der Waals surface area contributed by atoms with Gasteiger partial charge in [-0.3, -0.25) is 4.79 Å². The molecule has 0 bridgehead atoms. The zero-order chi connectivity index (χ0) is 25.2. The van der Waals surface area contributed by atoms with Crippen LogP contribution in [0.5, 0.6) is 5.75 Å². The molecule has 0 radical (unpaired) electrons. The number of ether oxygens (including phenoxy) is 3. The Labute approximate surface area is 201 Å². The van der Waals surface area contributed by atoms with Crippen LogP contribution in [-0.2, 0) is 20.9 Å². The third kappa shape index (κ3) is 5.17. The van der Waals surface area contributed by atoms with Crippen LogP contribution < -0.4 is 10.1 Å². The minimum absolute atomic E-state index is 0.125. The van der Waals surface area contributed by atoms with Crippen molar-refractivity contribution < 1.29 is 32.2 Å². The molecule has 1 heterocycles. The highest BCUT2D eigenvalue weighted by molar-refractivity contribution is 5.95. The van der Waals surface area contributed by atoms with Gasteiger partial charge in [-0.25, -0.2) is 23.1 Å². The maximum absolute atomic E-state index is 14.1. The topological polar surface area (TPSA) is 82.6 Å². The molecule has 4 rings (SSSR count). The van der Waals surface area contributed by atoms with Crippen LogP contribution in [0, 0.1) is 35.8 Å². The number of carbonyl (C=O) groups excluding carboxylic acids is 1. The van der Waals surface area contributed by atoms with Crippen LogP contribution in [0.3, 0.4) is 0 Å². The van der Waals surface area contributed by atoms with E-state index in [1.165, 1.54) is 19.3 Å². The smallest absolute Gasteiger partial charge is 0.228 e. The number of aryl methyl sites for hydroxylation is 1. The highest BCUT2D eigenvalue weighted by atomic mass is 19.2. The summed E-state index contributed by atoms with van der Waals surface area (Å²) < 4.78 is 57.5. The van der Waals surface area contributed by atoms with Crippen LogP contribution in [0.25, 0.3) is 0 Å². The lowest BCUT2D eigenvalue weighted by atomic mass is 9.81. The van der Waals surface area contributed by atoms with Gasteiger partial charge in [0.1, 0.15) is 17.3 Å². The molecule has 1 unspecified atom stereocenters. The highest BCUT2D eigenvalue weighted by Gasteiger charge is 2.63. The number of nitrogens with one attached hydrogen (secondary N) is 1. The fraction of sp³-hybridized carbons (Fsp3) is 0.400. The SMILES string of the molecule is COCc1nc(C)ncc1OC[C@@]1(C2C=CC(F)=C(OC)C2)C[C@H]1C(=O)Nc1ccc(F)c(F)c1. The van der Waals surface area contributed by atoms with Crippen molar-refractivity contribution in [3.8, 4) is 5.75 Å². The average molecular weight is 489 g/mol. The van der Waals surface area contributed by atoms with Gasteiger partial charge in [-0.2, -0.15) is 0 Å². The number of hydrogen-bond acceptors (Lipinski definition) is 6. The average Bonchev–Trinajstić information content (AvgIpc) is 3.57. The van der Waals surface area contributed by atoms with Crippen molar-refractivity contribution in [1.29, 1.82) is 0 Å². The normalized spacial score (nSPS) is 23.3. The third-order valence-corrected chi connectivity index (χ3v) is 6.48. The Balaban J connectivity index is 1.57. The Morgan fingerprint density at radius 2 is 2.03 bits per heavy atom. The van der Waals surface area contributed by atoms with Gasteiger partial charge >= 0.3 is 0 Å². The number of aromatic nitrogens is 2. The number of carbonyl (C=O) groups is 1. The lowest BCUT2D eigenvalue weighted by molar-refractivity contribution is -0.118. The fourth-order valence-corrected chi connectivity index (χ4v) is 4.47. The van der Waals surface area contributed by atoms with Crippen molar-refractivity contribution in [2.24, 2.45) is 17.3 Å². The number of allylic oxidation sites excluding steroid dienone is 4. The maximum atomic E-state index is 14.1. The summed E-state index contributed by atoms with van der Waals surface area (Å²) in [5.41, 5.74) is 0.0349. The van der Waals surface area contributed by atoms with E-state index in [1.54, 1.807) is 26.3 Å². The summed E-state index contributed by atoms with van der Waals surface area (Å²) in [7, 11) is 2.94. The van der Waals surface area contributed by atoms with Crippen molar-refractivity contribution >= 4 is 11.6 Å². The number of anilines is 1. The molecule has 2 aliphatic carbocycles. The number of nitrogens with zero attached hydrogens (tertiary/aromatic N) is 2. The predicted octanol–water partition coefficient (Wildman–Crippen LogP) is 4.64. The highest BCUT2D eigenvalue weighted by Crippen LogP contribution is 2.61. The summed E-state index contributed by atoms with van der Waals surface area (Å²) in [4.78, 5) is 21.6. The van der Waals surface area contributed by atoms with E-state index >= 15 is 0 Å². The van der Waals surface area contributed by atoms with Crippen LogP contribution in [-0.4, -0.2) is 36.7 Å². The third-order valence-electron chi connectivity index (χ3n) is 6.48. The lowest BCUT2D eigenvalue weighted by Gasteiger charge is -2.29. The Bertz CT molecular complexity index is 1190. The minimum atomic E-state index is -1.06. The molecular weight excluding hydrogens is 463 g/mol. The molecule has 1 aromatic heterocycles. The second-order valence-electron chi connectivity index (χ2n) is 8.70. The second kappa shape index (κ2) is 10.1. The Hall–Kier alpha value is -3.40. The van der Waals surface area contributed by atoms with Gasteiger partial charge in [-0.15, -0.1) is 0 Å². The summed E-state index contributed by atoms with van der Waals surface area (Å²) in [5.74, 6) is -2.46. The Kier molecular flexibility index (Phi) is 7.11. The Morgan fingerprint density at radius 1 is 1.23 bits per heavy atom. The summed E-state index contributed by atoms with van der Waals surface area (Å²) >= 11 is 0. The van der Waals surface area contributed by atoms with E-state index in [0.29, 0.717) is 23.7 Å². The van der Waals surface area contributed by atoms with Gasteiger partial charge in [0.05, 0.1) is 26.5 Å². The van der Waals surface area contributed by atoms with Gasteiger partial charge < -0.3 is 19.5 Å². The minimum Gasteiger partial charge on any atom is -0.498 e. The molecule has 35 heavy (non-hydrogen) atoms. The molecule has 1 amide bonds. The van der Waals surface area contributed by atoms with E-state index in [4.69, 9.17) is 14.2 Å². The van der Waals surface area contributed by atoms with Gasteiger partial charge in [0.15, 0.2) is 23.2 Å². The van der Waals surface area contributed by atoms with E-state index in [-0.39, 0.29) is 42.9 Å². The van der Waals surface area contributed by atoms with E-state index in [9.17, 15) is 18.0 Å². The van der Waals surface area contributed by atoms with Crippen molar-refractivity contribution in [3.63, 3.8) is 0 Å². The van der Waals surface area contributed by atoms with Crippen LogP contribution >= 0.6 is 0 Å². The van der Waals surface area contributed by atoms with Gasteiger partial charge in [0.2, 0.25) is 5.91 Å².